The summed E-state index contributed by atoms with van der Waals surface area (Å²) in [5, 5.41) is 6.06. The fourth-order valence-corrected chi connectivity index (χ4v) is 3.79. The monoisotopic (exact) mass is 355 g/mol. The SMILES string of the molecule is CCN1CCN(c2ncc(-c3cc(C)no3)c(-c3cccs3)n2)CC1. The van der Waals surface area contributed by atoms with Crippen LogP contribution in [0.4, 0.5) is 5.95 Å². The Hall–Kier alpha value is -2.25. The molecular formula is C18H21N5OS. The maximum absolute atomic E-state index is 5.46. The van der Waals surface area contributed by atoms with E-state index in [1.165, 1.54) is 0 Å². The van der Waals surface area contributed by atoms with E-state index in [-0.39, 0.29) is 0 Å². The van der Waals surface area contributed by atoms with Crippen molar-refractivity contribution in [3.05, 3.63) is 35.5 Å². The minimum atomic E-state index is 0.711. The molecule has 0 saturated carbocycles. The number of rotatable bonds is 4. The van der Waals surface area contributed by atoms with E-state index in [1.807, 2.05) is 25.3 Å². The molecule has 1 aliphatic heterocycles. The van der Waals surface area contributed by atoms with Gasteiger partial charge in [0.15, 0.2) is 5.76 Å². The summed E-state index contributed by atoms with van der Waals surface area (Å²) in [5.41, 5.74) is 2.65. The topological polar surface area (TPSA) is 58.3 Å². The Balaban J connectivity index is 1.70. The van der Waals surface area contributed by atoms with E-state index >= 15 is 0 Å². The number of piperazine rings is 1. The number of anilines is 1. The Morgan fingerprint density at radius 2 is 2.08 bits per heavy atom. The van der Waals surface area contributed by atoms with Crippen LogP contribution in [0.1, 0.15) is 12.6 Å². The van der Waals surface area contributed by atoms with Gasteiger partial charge in [-0.2, -0.15) is 0 Å². The second-order valence-electron chi connectivity index (χ2n) is 6.16. The molecule has 0 N–H and O–H groups in total. The standard InChI is InChI=1S/C18H21N5OS/c1-3-22-6-8-23(9-7-22)18-19-12-14(15-11-13(2)21-24-15)17(20-18)16-5-4-10-25-16/h4-5,10-12H,3,6-9H2,1-2H3. The molecule has 0 atom stereocenters. The van der Waals surface area contributed by atoms with Crippen LogP contribution < -0.4 is 4.90 Å². The van der Waals surface area contributed by atoms with Gasteiger partial charge >= 0.3 is 0 Å². The van der Waals surface area contributed by atoms with Gasteiger partial charge in [0, 0.05) is 38.4 Å². The van der Waals surface area contributed by atoms with Gasteiger partial charge in [-0.3, -0.25) is 0 Å². The van der Waals surface area contributed by atoms with E-state index < -0.39 is 0 Å². The van der Waals surface area contributed by atoms with Crippen molar-refractivity contribution in [1.82, 2.24) is 20.0 Å². The van der Waals surface area contributed by atoms with Crippen LogP contribution in [0.15, 0.2) is 34.3 Å². The molecule has 1 fully saturated rings. The fourth-order valence-electron chi connectivity index (χ4n) is 3.06. The largest absolute Gasteiger partial charge is 0.356 e. The van der Waals surface area contributed by atoms with E-state index in [9.17, 15) is 0 Å². The van der Waals surface area contributed by atoms with Gasteiger partial charge in [0.05, 0.1) is 21.8 Å². The Labute approximate surface area is 151 Å². The lowest BCUT2D eigenvalue weighted by molar-refractivity contribution is 0.270. The van der Waals surface area contributed by atoms with Crippen LogP contribution in [-0.4, -0.2) is 52.7 Å². The summed E-state index contributed by atoms with van der Waals surface area (Å²) in [4.78, 5) is 15.3. The van der Waals surface area contributed by atoms with E-state index in [1.54, 1.807) is 11.3 Å². The van der Waals surface area contributed by atoms with Crippen molar-refractivity contribution in [3.8, 4) is 21.9 Å². The summed E-state index contributed by atoms with van der Waals surface area (Å²) < 4.78 is 5.46. The van der Waals surface area contributed by atoms with Crippen LogP contribution in [-0.2, 0) is 0 Å². The minimum Gasteiger partial charge on any atom is -0.356 e. The number of hydrogen-bond donors (Lipinski definition) is 0. The molecule has 0 aliphatic carbocycles. The van der Waals surface area contributed by atoms with E-state index in [0.29, 0.717) is 5.76 Å². The first kappa shape index (κ1) is 16.2. The van der Waals surface area contributed by atoms with E-state index in [0.717, 1.165) is 60.5 Å². The average Bonchev–Trinajstić information content (AvgIpc) is 3.33. The molecule has 0 unspecified atom stereocenters. The second kappa shape index (κ2) is 6.93. The number of hydrogen-bond acceptors (Lipinski definition) is 7. The molecule has 0 spiro atoms. The van der Waals surface area contributed by atoms with Crippen molar-refractivity contribution in [3.63, 3.8) is 0 Å². The molecule has 0 bridgehead atoms. The predicted octanol–water partition coefficient (Wildman–Crippen LogP) is 3.31. The maximum Gasteiger partial charge on any atom is 0.226 e. The van der Waals surface area contributed by atoms with Gasteiger partial charge < -0.3 is 14.3 Å². The quantitative estimate of drug-likeness (QED) is 0.716. The number of aryl methyl sites for hydroxylation is 1. The van der Waals surface area contributed by atoms with Crippen LogP contribution in [0.3, 0.4) is 0 Å². The highest BCUT2D eigenvalue weighted by Crippen LogP contribution is 2.34. The third kappa shape index (κ3) is 3.29. The van der Waals surface area contributed by atoms with Crippen LogP contribution in [0.2, 0.25) is 0 Å². The summed E-state index contributed by atoms with van der Waals surface area (Å²) in [6.45, 7) is 9.24. The first-order chi connectivity index (χ1) is 12.2. The van der Waals surface area contributed by atoms with Crippen LogP contribution >= 0.6 is 11.3 Å². The molecule has 3 aromatic rings. The van der Waals surface area contributed by atoms with Gasteiger partial charge in [-0.25, -0.2) is 9.97 Å². The minimum absolute atomic E-state index is 0.711. The zero-order valence-electron chi connectivity index (χ0n) is 14.5. The van der Waals surface area contributed by atoms with Gasteiger partial charge in [0.25, 0.3) is 0 Å². The van der Waals surface area contributed by atoms with Crippen molar-refractivity contribution in [2.45, 2.75) is 13.8 Å². The number of likely N-dealkylation sites (N-methyl/N-ethyl adjacent to an activating group) is 1. The first-order valence-electron chi connectivity index (χ1n) is 8.56. The van der Waals surface area contributed by atoms with Crippen LogP contribution in [0, 0.1) is 6.92 Å². The highest BCUT2D eigenvalue weighted by molar-refractivity contribution is 7.13. The molecule has 0 amide bonds. The number of thiophene rings is 1. The summed E-state index contributed by atoms with van der Waals surface area (Å²) >= 11 is 1.67. The highest BCUT2D eigenvalue weighted by Gasteiger charge is 2.21. The number of aromatic nitrogens is 3. The molecule has 4 heterocycles. The summed E-state index contributed by atoms with van der Waals surface area (Å²) in [7, 11) is 0. The lowest BCUT2D eigenvalue weighted by Crippen LogP contribution is -2.46. The molecule has 1 aliphatic rings. The fraction of sp³-hybridized carbons (Fsp3) is 0.389. The zero-order valence-corrected chi connectivity index (χ0v) is 15.3. The van der Waals surface area contributed by atoms with E-state index in [2.05, 4.69) is 38.3 Å². The average molecular weight is 355 g/mol. The predicted molar refractivity (Wildman–Crippen MR) is 99.9 cm³/mol. The van der Waals surface area contributed by atoms with Gasteiger partial charge in [-0.15, -0.1) is 11.3 Å². The molecule has 6 nitrogen and oxygen atoms in total. The Bertz CT molecular complexity index is 837. The highest BCUT2D eigenvalue weighted by atomic mass is 32.1. The Morgan fingerprint density at radius 1 is 1.24 bits per heavy atom. The molecule has 4 rings (SSSR count). The summed E-state index contributed by atoms with van der Waals surface area (Å²) in [6, 6.07) is 6.05. The van der Waals surface area contributed by atoms with Crippen molar-refractivity contribution >= 4 is 17.3 Å². The third-order valence-electron chi connectivity index (χ3n) is 4.53. The second-order valence-corrected chi connectivity index (χ2v) is 7.11. The normalized spacial score (nSPS) is 15.7. The van der Waals surface area contributed by atoms with Gasteiger partial charge in [0.1, 0.15) is 0 Å². The van der Waals surface area contributed by atoms with Crippen molar-refractivity contribution in [1.29, 1.82) is 0 Å². The number of nitrogens with zero attached hydrogens (tertiary/aromatic N) is 5. The summed E-state index contributed by atoms with van der Waals surface area (Å²) in [5.74, 6) is 1.50. The third-order valence-corrected chi connectivity index (χ3v) is 5.40. The van der Waals surface area contributed by atoms with E-state index in [4.69, 9.17) is 9.51 Å². The molecule has 0 aromatic carbocycles. The Morgan fingerprint density at radius 3 is 2.72 bits per heavy atom. The lowest BCUT2D eigenvalue weighted by atomic mass is 10.1. The smallest absolute Gasteiger partial charge is 0.226 e. The van der Waals surface area contributed by atoms with Crippen LogP contribution in [0.5, 0.6) is 0 Å². The van der Waals surface area contributed by atoms with Crippen molar-refractivity contribution in [2.75, 3.05) is 37.6 Å². The maximum atomic E-state index is 5.46. The molecule has 7 heteroatoms. The molecule has 1 saturated heterocycles. The Kier molecular flexibility index (Phi) is 4.50. The van der Waals surface area contributed by atoms with Crippen molar-refractivity contribution in [2.24, 2.45) is 0 Å². The molecule has 3 aromatic heterocycles. The first-order valence-corrected chi connectivity index (χ1v) is 9.44. The van der Waals surface area contributed by atoms with Gasteiger partial charge in [0.2, 0.25) is 5.95 Å². The zero-order chi connectivity index (χ0) is 17.2. The molecule has 25 heavy (non-hydrogen) atoms. The van der Waals surface area contributed by atoms with Crippen LogP contribution in [0.25, 0.3) is 21.9 Å². The summed E-state index contributed by atoms with van der Waals surface area (Å²) in [6.07, 6.45) is 1.86. The van der Waals surface area contributed by atoms with Gasteiger partial charge in [-0.1, -0.05) is 18.1 Å². The molecule has 0 radical (unpaired) electrons. The van der Waals surface area contributed by atoms with Gasteiger partial charge in [-0.05, 0) is 24.9 Å². The lowest BCUT2D eigenvalue weighted by Gasteiger charge is -2.34. The molecular weight excluding hydrogens is 334 g/mol. The van der Waals surface area contributed by atoms with Crippen molar-refractivity contribution < 1.29 is 4.52 Å². The molecule has 130 valence electrons.